The highest BCUT2D eigenvalue weighted by molar-refractivity contribution is 7.99. The second-order valence-electron chi connectivity index (χ2n) is 6.96. The van der Waals surface area contributed by atoms with Crippen LogP contribution in [0.1, 0.15) is 32.1 Å². The number of nitrogens with zero attached hydrogens (tertiary/aromatic N) is 2. The Balaban J connectivity index is 1.37. The van der Waals surface area contributed by atoms with E-state index in [9.17, 15) is 9.59 Å². The Morgan fingerprint density at radius 2 is 1.65 bits per heavy atom. The highest BCUT2D eigenvalue weighted by Crippen LogP contribution is 2.27. The van der Waals surface area contributed by atoms with Gasteiger partial charge in [-0.05, 0) is 37.1 Å². The largest absolute Gasteiger partial charge is 0.497 e. The summed E-state index contributed by atoms with van der Waals surface area (Å²) in [5.74, 6) is 2.35. The van der Waals surface area contributed by atoms with Gasteiger partial charge in [0.15, 0.2) is 0 Å². The number of carbonyl (C=O) groups excluding carboxylic acids is 2. The van der Waals surface area contributed by atoms with E-state index in [1.54, 1.807) is 18.9 Å². The third-order valence-electron chi connectivity index (χ3n) is 5.29. The van der Waals surface area contributed by atoms with Crippen LogP contribution < -0.4 is 4.74 Å². The number of piperazine rings is 1. The van der Waals surface area contributed by atoms with Gasteiger partial charge in [-0.15, -0.1) is 11.8 Å². The highest BCUT2D eigenvalue weighted by atomic mass is 32.2. The van der Waals surface area contributed by atoms with Crippen molar-refractivity contribution in [3.8, 4) is 5.75 Å². The molecule has 3 rings (SSSR count). The standard InChI is InChI=1S/C20H28N2O3S/c1-25-17-6-8-18(9-7-17)26-15-10-19(23)21-11-13-22(14-12-21)20(24)16-4-2-3-5-16/h6-9,16H,2-5,10-15H2,1H3. The van der Waals surface area contributed by atoms with E-state index < -0.39 is 0 Å². The van der Waals surface area contributed by atoms with E-state index in [2.05, 4.69) is 0 Å². The zero-order chi connectivity index (χ0) is 18.4. The number of hydrogen-bond acceptors (Lipinski definition) is 4. The molecule has 0 unspecified atom stereocenters. The first-order valence-electron chi connectivity index (χ1n) is 9.51. The van der Waals surface area contributed by atoms with Crippen LogP contribution in [0.5, 0.6) is 5.75 Å². The van der Waals surface area contributed by atoms with Crippen LogP contribution in [0.4, 0.5) is 0 Å². The average Bonchev–Trinajstić information content (AvgIpc) is 3.23. The molecule has 0 radical (unpaired) electrons. The maximum Gasteiger partial charge on any atom is 0.225 e. The Hall–Kier alpha value is -1.69. The zero-order valence-electron chi connectivity index (χ0n) is 15.5. The lowest BCUT2D eigenvalue weighted by atomic mass is 10.1. The van der Waals surface area contributed by atoms with Crippen LogP contribution in [0.25, 0.3) is 0 Å². The Kier molecular flexibility index (Phi) is 6.83. The fraction of sp³-hybridized carbons (Fsp3) is 0.600. The van der Waals surface area contributed by atoms with Crippen LogP contribution in [0.2, 0.25) is 0 Å². The van der Waals surface area contributed by atoms with Gasteiger partial charge in [0.05, 0.1) is 7.11 Å². The number of amides is 2. The summed E-state index contributed by atoms with van der Waals surface area (Å²) in [5.41, 5.74) is 0. The summed E-state index contributed by atoms with van der Waals surface area (Å²) in [6, 6.07) is 7.90. The van der Waals surface area contributed by atoms with Crippen molar-refractivity contribution in [2.24, 2.45) is 5.92 Å². The fourth-order valence-electron chi connectivity index (χ4n) is 3.69. The molecule has 0 aromatic heterocycles. The van der Waals surface area contributed by atoms with Gasteiger partial charge in [-0.25, -0.2) is 0 Å². The molecule has 26 heavy (non-hydrogen) atoms. The third-order valence-corrected chi connectivity index (χ3v) is 6.31. The number of rotatable bonds is 6. The lowest BCUT2D eigenvalue weighted by Gasteiger charge is -2.36. The minimum absolute atomic E-state index is 0.193. The van der Waals surface area contributed by atoms with E-state index in [0.717, 1.165) is 29.2 Å². The van der Waals surface area contributed by atoms with Gasteiger partial charge in [-0.2, -0.15) is 0 Å². The molecule has 2 aliphatic rings. The zero-order valence-corrected chi connectivity index (χ0v) is 16.3. The lowest BCUT2D eigenvalue weighted by molar-refractivity contribution is -0.141. The van der Waals surface area contributed by atoms with Crippen molar-refractivity contribution in [1.29, 1.82) is 0 Å². The summed E-state index contributed by atoms with van der Waals surface area (Å²) >= 11 is 1.69. The van der Waals surface area contributed by atoms with Crippen LogP contribution in [-0.2, 0) is 9.59 Å². The van der Waals surface area contributed by atoms with Crippen molar-refractivity contribution in [3.63, 3.8) is 0 Å². The van der Waals surface area contributed by atoms with Crippen molar-refractivity contribution in [1.82, 2.24) is 9.80 Å². The van der Waals surface area contributed by atoms with Gasteiger partial charge in [0.1, 0.15) is 5.75 Å². The normalized spacial score (nSPS) is 18.2. The smallest absolute Gasteiger partial charge is 0.225 e. The molecule has 1 saturated carbocycles. The maximum atomic E-state index is 12.5. The molecule has 1 saturated heterocycles. The molecule has 0 atom stereocenters. The van der Waals surface area contributed by atoms with Crippen molar-refractivity contribution in [2.75, 3.05) is 39.0 Å². The number of hydrogen-bond donors (Lipinski definition) is 0. The van der Waals surface area contributed by atoms with E-state index in [1.807, 2.05) is 34.1 Å². The summed E-state index contributed by atoms with van der Waals surface area (Å²) in [4.78, 5) is 29.9. The monoisotopic (exact) mass is 376 g/mol. The van der Waals surface area contributed by atoms with Gasteiger partial charge in [0, 0.05) is 49.2 Å². The van der Waals surface area contributed by atoms with Crippen LogP contribution >= 0.6 is 11.8 Å². The minimum atomic E-state index is 0.193. The van der Waals surface area contributed by atoms with Gasteiger partial charge in [0.25, 0.3) is 0 Å². The van der Waals surface area contributed by atoms with Crippen molar-refractivity contribution in [2.45, 2.75) is 37.0 Å². The number of carbonyl (C=O) groups is 2. The Morgan fingerprint density at radius 1 is 1.04 bits per heavy atom. The fourth-order valence-corrected chi connectivity index (χ4v) is 4.53. The van der Waals surface area contributed by atoms with Gasteiger partial charge in [0.2, 0.25) is 11.8 Å². The van der Waals surface area contributed by atoms with Crippen molar-refractivity contribution < 1.29 is 14.3 Å². The van der Waals surface area contributed by atoms with Crippen LogP contribution in [-0.4, -0.2) is 60.7 Å². The van der Waals surface area contributed by atoms with Gasteiger partial charge in [-0.1, -0.05) is 12.8 Å². The number of benzene rings is 1. The van der Waals surface area contributed by atoms with E-state index in [4.69, 9.17) is 4.74 Å². The minimum Gasteiger partial charge on any atom is -0.497 e. The van der Waals surface area contributed by atoms with Gasteiger partial charge in [-0.3, -0.25) is 9.59 Å². The summed E-state index contributed by atoms with van der Waals surface area (Å²) in [6.45, 7) is 2.72. The lowest BCUT2D eigenvalue weighted by Crippen LogP contribution is -2.51. The molecule has 0 bridgehead atoms. The Labute approximate surface area is 160 Å². The summed E-state index contributed by atoms with van der Waals surface area (Å²) in [7, 11) is 1.65. The second-order valence-corrected chi connectivity index (χ2v) is 8.13. The summed E-state index contributed by atoms with van der Waals surface area (Å²) in [5, 5.41) is 0. The summed E-state index contributed by atoms with van der Waals surface area (Å²) < 4.78 is 5.15. The molecule has 6 heteroatoms. The topological polar surface area (TPSA) is 49.9 Å². The number of methoxy groups -OCH3 is 1. The average molecular weight is 377 g/mol. The molecular formula is C20H28N2O3S. The molecule has 1 aromatic rings. The molecule has 0 spiro atoms. The number of ether oxygens (including phenoxy) is 1. The maximum absolute atomic E-state index is 12.5. The Bertz CT molecular complexity index is 606. The van der Waals surface area contributed by atoms with E-state index in [-0.39, 0.29) is 11.8 Å². The molecule has 1 aromatic carbocycles. The molecule has 2 amide bonds. The van der Waals surface area contributed by atoms with E-state index in [0.29, 0.717) is 38.5 Å². The highest BCUT2D eigenvalue weighted by Gasteiger charge is 2.30. The molecule has 1 aliphatic carbocycles. The Morgan fingerprint density at radius 3 is 2.27 bits per heavy atom. The molecule has 5 nitrogen and oxygen atoms in total. The first-order chi connectivity index (χ1) is 12.7. The summed E-state index contributed by atoms with van der Waals surface area (Å²) in [6.07, 6.45) is 4.98. The van der Waals surface area contributed by atoms with Crippen LogP contribution in [0.3, 0.4) is 0 Å². The van der Waals surface area contributed by atoms with Crippen LogP contribution in [0.15, 0.2) is 29.2 Å². The SMILES string of the molecule is COc1ccc(SCCC(=O)N2CCN(C(=O)C3CCCC3)CC2)cc1. The molecule has 142 valence electrons. The van der Waals surface area contributed by atoms with Crippen molar-refractivity contribution in [3.05, 3.63) is 24.3 Å². The predicted molar refractivity (Wildman–Crippen MR) is 103 cm³/mol. The van der Waals surface area contributed by atoms with E-state index >= 15 is 0 Å². The molecule has 0 N–H and O–H groups in total. The quantitative estimate of drug-likeness (QED) is 0.716. The van der Waals surface area contributed by atoms with E-state index in [1.165, 1.54) is 12.8 Å². The molecule has 1 aliphatic heterocycles. The number of thioether (sulfide) groups is 1. The van der Waals surface area contributed by atoms with Crippen LogP contribution in [0, 0.1) is 5.92 Å². The third kappa shape index (κ3) is 4.93. The molecular weight excluding hydrogens is 348 g/mol. The second kappa shape index (κ2) is 9.31. The van der Waals surface area contributed by atoms with Gasteiger partial charge >= 0.3 is 0 Å². The van der Waals surface area contributed by atoms with Gasteiger partial charge < -0.3 is 14.5 Å². The van der Waals surface area contributed by atoms with Crippen molar-refractivity contribution >= 4 is 23.6 Å². The predicted octanol–water partition coefficient (Wildman–Crippen LogP) is 3.04. The first kappa shape index (κ1) is 19.1. The first-order valence-corrected chi connectivity index (χ1v) is 10.5. The molecule has 2 fully saturated rings. The molecule has 1 heterocycles.